The van der Waals surface area contributed by atoms with Gasteiger partial charge >= 0.3 is 5.97 Å². The highest BCUT2D eigenvalue weighted by Crippen LogP contribution is 2.39. The first-order valence-electron chi connectivity index (χ1n) is 13.5. The van der Waals surface area contributed by atoms with Crippen molar-refractivity contribution in [3.63, 3.8) is 0 Å². The van der Waals surface area contributed by atoms with Crippen molar-refractivity contribution >= 4 is 20.1 Å². The Labute approximate surface area is 225 Å². The molecule has 0 aliphatic carbocycles. The van der Waals surface area contributed by atoms with Gasteiger partial charge in [0.1, 0.15) is 5.75 Å². The van der Waals surface area contributed by atoms with Crippen molar-refractivity contribution in [2.45, 2.75) is 91.1 Å². The first-order valence-corrected chi connectivity index (χ1v) is 16.4. The molecule has 3 unspecified atom stereocenters. The van der Waals surface area contributed by atoms with Crippen LogP contribution in [-0.4, -0.2) is 51.3 Å². The van der Waals surface area contributed by atoms with Gasteiger partial charge in [-0.1, -0.05) is 39.8 Å². The van der Waals surface area contributed by atoms with Gasteiger partial charge in [0, 0.05) is 30.8 Å². The van der Waals surface area contributed by atoms with Gasteiger partial charge in [-0.05, 0) is 74.5 Å². The summed E-state index contributed by atoms with van der Waals surface area (Å²) in [6.07, 6.45) is 6.98. The zero-order valence-electron chi connectivity index (χ0n) is 24.3. The third-order valence-corrected chi connectivity index (χ3v) is 12.1. The van der Waals surface area contributed by atoms with Crippen LogP contribution >= 0.6 is 0 Å². The maximum atomic E-state index is 13.2. The summed E-state index contributed by atoms with van der Waals surface area (Å²) in [7, 11) is -0.458. The summed E-state index contributed by atoms with van der Waals surface area (Å²) in [6, 6.07) is 8.30. The van der Waals surface area contributed by atoms with Gasteiger partial charge in [0.05, 0.1) is 25.9 Å². The number of carbonyl (C=O) groups is 2. The fourth-order valence-corrected chi connectivity index (χ4v) is 5.63. The molecule has 0 spiro atoms. The van der Waals surface area contributed by atoms with Crippen LogP contribution in [0.1, 0.15) is 72.4 Å². The van der Waals surface area contributed by atoms with Crippen LogP contribution in [0.5, 0.6) is 5.75 Å². The van der Waals surface area contributed by atoms with E-state index in [1.807, 2.05) is 25.1 Å². The maximum absolute atomic E-state index is 13.2. The van der Waals surface area contributed by atoms with Crippen molar-refractivity contribution in [3.05, 3.63) is 53.8 Å². The van der Waals surface area contributed by atoms with Crippen molar-refractivity contribution < 1.29 is 23.5 Å². The number of nitrogens with zero attached hydrogens (tertiary/aromatic N) is 1. The maximum Gasteiger partial charge on any atom is 0.330 e. The molecule has 0 aromatic heterocycles. The van der Waals surface area contributed by atoms with Crippen molar-refractivity contribution in [2.75, 3.05) is 20.3 Å². The molecule has 6 nitrogen and oxygen atoms in total. The fourth-order valence-electron chi connectivity index (χ4n) is 4.28. The molecule has 0 amide bonds. The number of methoxy groups -OCH3 is 1. The van der Waals surface area contributed by atoms with Crippen LogP contribution < -0.4 is 4.74 Å². The number of rotatable bonds is 12. The van der Waals surface area contributed by atoms with Gasteiger partial charge in [-0.3, -0.25) is 4.79 Å². The van der Waals surface area contributed by atoms with E-state index in [4.69, 9.17) is 13.9 Å². The lowest BCUT2D eigenvalue weighted by molar-refractivity contribution is -0.137. The number of hydrogen-bond donors (Lipinski definition) is 0. The minimum absolute atomic E-state index is 0.0106. The Morgan fingerprint density at radius 1 is 1.14 bits per heavy atom. The van der Waals surface area contributed by atoms with Crippen LogP contribution in [0.15, 0.2) is 48.2 Å². The highest BCUT2D eigenvalue weighted by atomic mass is 28.4. The molecular weight excluding hydrogens is 482 g/mol. The van der Waals surface area contributed by atoms with Gasteiger partial charge < -0.3 is 18.8 Å². The van der Waals surface area contributed by atoms with Crippen molar-refractivity contribution in [3.8, 4) is 5.75 Å². The van der Waals surface area contributed by atoms with Crippen molar-refractivity contribution in [1.29, 1.82) is 0 Å². The van der Waals surface area contributed by atoms with Crippen molar-refractivity contribution in [2.24, 2.45) is 5.92 Å². The molecule has 206 valence electrons. The topological polar surface area (TPSA) is 65.1 Å². The zero-order chi connectivity index (χ0) is 27.8. The highest BCUT2D eigenvalue weighted by Gasteiger charge is 2.40. The highest BCUT2D eigenvalue weighted by molar-refractivity contribution is 6.74. The lowest BCUT2D eigenvalue weighted by atomic mass is 9.97. The Hall–Kier alpha value is -2.38. The predicted molar refractivity (Wildman–Crippen MR) is 152 cm³/mol. The van der Waals surface area contributed by atoms with Gasteiger partial charge in [0.2, 0.25) is 0 Å². The Morgan fingerprint density at radius 3 is 2.35 bits per heavy atom. The SMILES string of the molecule is CCOC(=O)/C=C/C(O[Si](C)(C)C(C)(C)C)C(C)CC(=O)/C=C1\CCCN1C(C)c1ccc(OC)cc1. The van der Waals surface area contributed by atoms with E-state index in [1.54, 1.807) is 20.1 Å². The summed E-state index contributed by atoms with van der Waals surface area (Å²) in [5.41, 5.74) is 2.28. The van der Waals surface area contributed by atoms with Crippen LogP contribution in [0.2, 0.25) is 18.1 Å². The largest absolute Gasteiger partial charge is 0.497 e. The summed E-state index contributed by atoms with van der Waals surface area (Å²) in [4.78, 5) is 27.5. The van der Waals surface area contributed by atoms with Crippen LogP contribution in [0.25, 0.3) is 0 Å². The van der Waals surface area contributed by atoms with E-state index in [-0.39, 0.29) is 34.9 Å². The monoisotopic (exact) mass is 529 g/mol. The molecular formula is C30H47NO5Si. The van der Waals surface area contributed by atoms with Crippen LogP contribution in [-0.2, 0) is 18.8 Å². The third-order valence-electron chi connectivity index (χ3n) is 7.62. The number of hydrogen-bond acceptors (Lipinski definition) is 6. The van der Waals surface area contributed by atoms with Gasteiger partial charge in [0.25, 0.3) is 0 Å². The molecule has 1 saturated heterocycles. The van der Waals surface area contributed by atoms with Gasteiger partial charge in [-0.15, -0.1) is 0 Å². The number of esters is 1. The molecule has 3 atom stereocenters. The Bertz CT molecular complexity index is 961. The Kier molecular flexibility index (Phi) is 11.2. The molecule has 37 heavy (non-hydrogen) atoms. The average molecular weight is 530 g/mol. The number of likely N-dealkylation sites (tertiary alicyclic amines) is 1. The molecule has 7 heteroatoms. The molecule has 0 N–H and O–H groups in total. The first-order chi connectivity index (χ1) is 17.3. The van der Waals surface area contributed by atoms with Crippen molar-refractivity contribution in [1.82, 2.24) is 4.90 Å². The summed E-state index contributed by atoms with van der Waals surface area (Å²) in [6.45, 7) is 18.2. The van der Waals surface area contributed by atoms with Crippen LogP contribution in [0, 0.1) is 5.92 Å². The van der Waals surface area contributed by atoms with E-state index in [2.05, 4.69) is 57.8 Å². The standard InChI is InChI=1S/C30H47NO5Si/c1-10-35-29(33)18-17-28(36-37(8,9)30(4,5)6)22(2)20-26(32)21-25-12-11-19-31(25)23(3)24-13-15-27(34-7)16-14-24/h13-18,21-23,28H,10-12,19-20H2,1-9H3/b18-17+,25-21+. The van der Waals surface area contributed by atoms with Gasteiger partial charge in [-0.2, -0.15) is 0 Å². The molecule has 0 radical (unpaired) electrons. The zero-order valence-corrected chi connectivity index (χ0v) is 25.3. The molecule has 1 heterocycles. The molecule has 0 saturated carbocycles. The average Bonchev–Trinajstić information content (AvgIpc) is 3.28. The van der Waals surface area contributed by atoms with E-state index in [1.165, 1.54) is 11.6 Å². The van der Waals surface area contributed by atoms with Gasteiger partial charge in [0.15, 0.2) is 14.1 Å². The molecule has 1 fully saturated rings. The molecule has 1 aromatic rings. The van der Waals surface area contributed by atoms with E-state index in [0.717, 1.165) is 30.8 Å². The van der Waals surface area contributed by atoms with Crippen LogP contribution in [0.4, 0.5) is 0 Å². The molecule has 0 bridgehead atoms. The van der Waals surface area contributed by atoms with E-state index in [9.17, 15) is 9.59 Å². The van der Waals surface area contributed by atoms with E-state index >= 15 is 0 Å². The molecule has 1 aromatic carbocycles. The minimum Gasteiger partial charge on any atom is -0.497 e. The number of benzene rings is 1. The Balaban J connectivity index is 2.17. The van der Waals surface area contributed by atoms with E-state index < -0.39 is 8.32 Å². The fraction of sp³-hybridized carbons (Fsp3) is 0.600. The second-order valence-corrected chi connectivity index (χ2v) is 16.2. The predicted octanol–water partition coefficient (Wildman–Crippen LogP) is 6.84. The lowest BCUT2D eigenvalue weighted by Gasteiger charge is -2.40. The van der Waals surface area contributed by atoms with Crippen LogP contribution in [0.3, 0.4) is 0 Å². The summed E-state index contributed by atoms with van der Waals surface area (Å²) >= 11 is 0. The second kappa shape index (κ2) is 13.4. The lowest BCUT2D eigenvalue weighted by Crippen LogP contribution is -2.45. The normalized spacial score (nSPS) is 18.2. The first kappa shape index (κ1) is 30.8. The molecule has 2 rings (SSSR count). The smallest absolute Gasteiger partial charge is 0.330 e. The number of allylic oxidation sites excluding steroid dienone is 2. The summed E-state index contributed by atoms with van der Waals surface area (Å²) < 4.78 is 17.0. The second-order valence-electron chi connectivity index (χ2n) is 11.5. The summed E-state index contributed by atoms with van der Waals surface area (Å²) in [5, 5.41) is 0.0106. The quantitative estimate of drug-likeness (QED) is 0.168. The molecule has 1 aliphatic heterocycles. The minimum atomic E-state index is -2.13. The third kappa shape index (κ3) is 8.85. The summed E-state index contributed by atoms with van der Waals surface area (Å²) in [5.74, 6) is 0.451. The number of ketones is 1. The van der Waals surface area contributed by atoms with Gasteiger partial charge in [-0.25, -0.2) is 4.79 Å². The number of ether oxygens (including phenoxy) is 2. The van der Waals surface area contributed by atoms with E-state index in [0.29, 0.717) is 13.0 Å². The molecule has 1 aliphatic rings. The Morgan fingerprint density at radius 2 is 1.78 bits per heavy atom. The number of carbonyl (C=O) groups excluding carboxylic acids is 2.